The molecule has 1 heterocycles. The number of nitrogens with zero attached hydrogens (tertiary/aromatic N) is 2. The fourth-order valence-electron chi connectivity index (χ4n) is 1.81. The largest absolute Gasteiger partial charge is 0.496 e. The van der Waals surface area contributed by atoms with Gasteiger partial charge in [-0.15, -0.1) is 5.10 Å². The first kappa shape index (κ1) is 12.9. The number of ether oxygens (including phenoxy) is 3. The first-order valence-electron chi connectivity index (χ1n) is 5.58. The van der Waals surface area contributed by atoms with E-state index < -0.39 is 0 Å². The summed E-state index contributed by atoms with van der Waals surface area (Å²) in [6.45, 7) is 0. The molecular weight excluding hydrogens is 246 g/mol. The van der Waals surface area contributed by atoms with Crippen LogP contribution in [-0.4, -0.2) is 31.5 Å². The lowest BCUT2D eigenvalue weighted by Crippen LogP contribution is -1.99. The van der Waals surface area contributed by atoms with Crippen LogP contribution in [0.4, 0.5) is 5.82 Å². The molecule has 0 aliphatic rings. The molecule has 1 aromatic heterocycles. The van der Waals surface area contributed by atoms with E-state index in [1.807, 2.05) is 0 Å². The van der Waals surface area contributed by atoms with Gasteiger partial charge < -0.3 is 19.9 Å². The van der Waals surface area contributed by atoms with E-state index in [0.717, 1.165) is 11.1 Å². The maximum absolute atomic E-state index is 5.84. The third-order valence-corrected chi connectivity index (χ3v) is 2.75. The minimum absolute atomic E-state index is 0.327. The zero-order valence-corrected chi connectivity index (χ0v) is 11.0. The smallest absolute Gasteiger partial charge is 0.164 e. The van der Waals surface area contributed by atoms with E-state index in [0.29, 0.717) is 23.1 Å². The molecular formula is C13H15N3O3. The van der Waals surface area contributed by atoms with Crippen LogP contribution in [0.2, 0.25) is 0 Å². The monoisotopic (exact) mass is 261 g/mol. The fourth-order valence-corrected chi connectivity index (χ4v) is 1.81. The van der Waals surface area contributed by atoms with Gasteiger partial charge in [0, 0.05) is 17.2 Å². The molecule has 0 amide bonds. The Labute approximate surface area is 111 Å². The Hall–Kier alpha value is -2.50. The molecule has 0 spiro atoms. The van der Waals surface area contributed by atoms with Crippen LogP contribution < -0.4 is 19.9 Å². The van der Waals surface area contributed by atoms with Crippen LogP contribution in [0, 0.1) is 0 Å². The molecule has 0 bridgehead atoms. The van der Waals surface area contributed by atoms with E-state index in [1.165, 1.54) is 0 Å². The number of benzene rings is 1. The third kappa shape index (κ3) is 2.37. The predicted octanol–water partition coefficient (Wildman–Crippen LogP) is 1.75. The summed E-state index contributed by atoms with van der Waals surface area (Å²) >= 11 is 0. The van der Waals surface area contributed by atoms with Crippen LogP contribution in [0.3, 0.4) is 0 Å². The van der Waals surface area contributed by atoms with Gasteiger partial charge in [-0.25, -0.2) is 0 Å². The summed E-state index contributed by atoms with van der Waals surface area (Å²) in [6, 6.07) is 5.31. The number of anilines is 1. The van der Waals surface area contributed by atoms with E-state index in [9.17, 15) is 0 Å². The summed E-state index contributed by atoms with van der Waals surface area (Å²) < 4.78 is 15.9. The Balaban J connectivity index is 2.65. The standard InChI is InChI=1S/C13H15N3O3/c1-17-10-7-12(19-3)11(18-2)6-9(10)8-4-5-15-16-13(8)14/h4-7H,1-3H3,(H2,14,16). The van der Waals surface area contributed by atoms with Crippen molar-refractivity contribution in [1.82, 2.24) is 10.2 Å². The quantitative estimate of drug-likeness (QED) is 0.903. The number of nitrogen functional groups attached to an aromatic ring is 1. The predicted molar refractivity (Wildman–Crippen MR) is 71.5 cm³/mol. The van der Waals surface area contributed by atoms with Crippen molar-refractivity contribution < 1.29 is 14.2 Å². The Morgan fingerprint density at radius 2 is 1.53 bits per heavy atom. The first-order chi connectivity index (χ1) is 9.21. The first-order valence-corrected chi connectivity index (χ1v) is 5.58. The number of rotatable bonds is 4. The zero-order chi connectivity index (χ0) is 13.8. The van der Waals surface area contributed by atoms with Gasteiger partial charge in [0.15, 0.2) is 17.3 Å². The van der Waals surface area contributed by atoms with Crippen molar-refractivity contribution in [1.29, 1.82) is 0 Å². The second-order valence-corrected chi connectivity index (χ2v) is 3.74. The number of hydrogen-bond donors (Lipinski definition) is 1. The molecule has 19 heavy (non-hydrogen) atoms. The van der Waals surface area contributed by atoms with Gasteiger partial charge in [-0.3, -0.25) is 0 Å². The number of hydrogen-bond acceptors (Lipinski definition) is 6. The third-order valence-electron chi connectivity index (χ3n) is 2.75. The van der Waals surface area contributed by atoms with E-state index in [2.05, 4.69) is 10.2 Å². The summed E-state index contributed by atoms with van der Waals surface area (Å²) in [4.78, 5) is 0. The average molecular weight is 261 g/mol. The summed E-state index contributed by atoms with van der Waals surface area (Å²) in [5.41, 5.74) is 7.34. The van der Waals surface area contributed by atoms with Gasteiger partial charge in [-0.05, 0) is 12.1 Å². The van der Waals surface area contributed by atoms with Gasteiger partial charge in [-0.2, -0.15) is 5.10 Å². The molecule has 1 aromatic carbocycles. The molecule has 0 aliphatic carbocycles. The summed E-state index contributed by atoms with van der Waals surface area (Å²) in [6.07, 6.45) is 1.57. The molecule has 100 valence electrons. The summed E-state index contributed by atoms with van der Waals surface area (Å²) in [7, 11) is 4.72. The molecule has 2 N–H and O–H groups in total. The molecule has 0 radical (unpaired) electrons. The fraction of sp³-hybridized carbons (Fsp3) is 0.231. The van der Waals surface area contributed by atoms with Crippen molar-refractivity contribution in [3.05, 3.63) is 24.4 Å². The second kappa shape index (κ2) is 5.43. The van der Waals surface area contributed by atoms with Crippen LogP contribution in [0.1, 0.15) is 0 Å². The van der Waals surface area contributed by atoms with Crippen molar-refractivity contribution in [3.63, 3.8) is 0 Å². The highest BCUT2D eigenvalue weighted by Gasteiger charge is 2.15. The van der Waals surface area contributed by atoms with Gasteiger partial charge >= 0.3 is 0 Å². The minimum Gasteiger partial charge on any atom is -0.496 e. The lowest BCUT2D eigenvalue weighted by Gasteiger charge is -2.14. The lowest BCUT2D eigenvalue weighted by molar-refractivity contribution is 0.349. The van der Waals surface area contributed by atoms with Crippen LogP contribution in [-0.2, 0) is 0 Å². The van der Waals surface area contributed by atoms with Gasteiger partial charge in [-0.1, -0.05) is 0 Å². The van der Waals surface area contributed by atoms with E-state index in [-0.39, 0.29) is 0 Å². The van der Waals surface area contributed by atoms with E-state index in [1.54, 1.807) is 45.7 Å². The van der Waals surface area contributed by atoms with Crippen LogP contribution in [0.5, 0.6) is 17.2 Å². The lowest BCUT2D eigenvalue weighted by atomic mass is 10.1. The highest BCUT2D eigenvalue weighted by molar-refractivity contribution is 5.80. The van der Waals surface area contributed by atoms with Crippen molar-refractivity contribution in [2.24, 2.45) is 0 Å². The van der Waals surface area contributed by atoms with E-state index in [4.69, 9.17) is 19.9 Å². The van der Waals surface area contributed by atoms with Gasteiger partial charge in [0.05, 0.1) is 27.5 Å². The normalized spacial score (nSPS) is 10.1. The second-order valence-electron chi connectivity index (χ2n) is 3.74. The van der Waals surface area contributed by atoms with E-state index >= 15 is 0 Å². The molecule has 0 fully saturated rings. The molecule has 2 aromatic rings. The number of nitrogens with two attached hydrogens (primary N) is 1. The Bertz CT molecular complexity index is 587. The minimum atomic E-state index is 0.327. The van der Waals surface area contributed by atoms with Crippen LogP contribution in [0.25, 0.3) is 11.1 Å². The molecule has 0 saturated heterocycles. The highest BCUT2D eigenvalue weighted by Crippen LogP contribution is 2.41. The Kier molecular flexibility index (Phi) is 3.70. The number of aromatic nitrogens is 2. The SMILES string of the molecule is COc1cc(OC)c(-c2ccnnc2N)cc1OC. The van der Waals surface area contributed by atoms with Crippen molar-refractivity contribution in [2.75, 3.05) is 27.1 Å². The molecule has 2 rings (SSSR count). The molecule has 0 saturated carbocycles. The topological polar surface area (TPSA) is 79.5 Å². The van der Waals surface area contributed by atoms with Crippen molar-refractivity contribution in [2.45, 2.75) is 0 Å². The maximum Gasteiger partial charge on any atom is 0.164 e. The number of methoxy groups -OCH3 is 3. The van der Waals surface area contributed by atoms with Gasteiger partial charge in [0.1, 0.15) is 5.75 Å². The van der Waals surface area contributed by atoms with Crippen LogP contribution >= 0.6 is 0 Å². The molecule has 6 nitrogen and oxygen atoms in total. The van der Waals surface area contributed by atoms with Gasteiger partial charge in [0.2, 0.25) is 0 Å². The summed E-state index contributed by atoms with van der Waals surface area (Å²) in [5, 5.41) is 7.56. The van der Waals surface area contributed by atoms with Crippen molar-refractivity contribution in [3.8, 4) is 28.4 Å². The Morgan fingerprint density at radius 1 is 0.895 bits per heavy atom. The highest BCUT2D eigenvalue weighted by atomic mass is 16.5. The van der Waals surface area contributed by atoms with Gasteiger partial charge in [0.25, 0.3) is 0 Å². The van der Waals surface area contributed by atoms with Crippen molar-refractivity contribution >= 4 is 5.82 Å². The van der Waals surface area contributed by atoms with Crippen LogP contribution in [0.15, 0.2) is 24.4 Å². The summed E-state index contributed by atoms with van der Waals surface area (Å²) in [5.74, 6) is 2.13. The molecule has 0 unspecified atom stereocenters. The molecule has 6 heteroatoms. The maximum atomic E-state index is 5.84. The zero-order valence-electron chi connectivity index (χ0n) is 11.0. The average Bonchev–Trinajstić information content (AvgIpc) is 2.46. The molecule has 0 aliphatic heterocycles. The Morgan fingerprint density at radius 3 is 2.11 bits per heavy atom. The molecule has 0 atom stereocenters.